The van der Waals surface area contributed by atoms with Crippen LogP contribution in [0.2, 0.25) is 0 Å². The van der Waals surface area contributed by atoms with Gasteiger partial charge in [0.2, 0.25) is 0 Å². The first kappa shape index (κ1) is 22.2. The van der Waals surface area contributed by atoms with Crippen molar-refractivity contribution in [1.82, 2.24) is 0 Å². The maximum absolute atomic E-state index is 11.0. The van der Waals surface area contributed by atoms with Crippen molar-refractivity contribution in [1.29, 1.82) is 0 Å². The van der Waals surface area contributed by atoms with E-state index in [1.54, 1.807) is 6.92 Å². The number of hydrogen-bond donors (Lipinski definition) is 3. The van der Waals surface area contributed by atoms with E-state index in [2.05, 4.69) is 0 Å². The van der Waals surface area contributed by atoms with Gasteiger partial charge in [-0.1, -0.05) is 0 Å². The van der Waals surface area contributed by atoms with Gasteiger partial charge in [-0.05, 0) is 6.92 Å². The smallest absolute Gasteiger partial charge is 0.335 e. The molecule has 1 heterocycles. The fraction of sp³-hybridized carbons (Fsp3) is 0.929. The van der Waals surface area contributed by atoms with Crippen LogP contribution in [-0.4, -0.2) is 109 Å². The molecule has 2 unspecified atom stereocenters. The monoisotopic (exact) mass is 385 g/mol. The van der Waals surface area contributed by atoms with Crippen LogP contribution in [0.3, 0.4) is 0 Å². The van der Waals surface area contributed by atoms with Crippen molar-refractivity contribution in [3.8, 4) is 0 Å². The summed E-state index contributed by atoms with van der Waals surface area (Å²) in [5.41, 5.74) is 0. The van der Waals surface area contributed by atoms with E-state index in [1.807, 2.05) is 14.1 Å². The third-order valence-electron chi connectivity index (χ3n) is 4.23. The van der Waals surface area contributed by atoms with Crippen LogP contribution in [0.1, 0.15) is 13.3 Å². The van der Waals surface area contributed by atoms with Gasteiger partial charge in [0.1, 0.15) is 24.9 Å². The molecule has 1 aliphatic rings. The Balaban J connectivity index is 2.47. The molecule has 1 aliphatic heterocycles. The fourth-order valence-electron chi connectivity index (χ4n) is 2.70. The molecule has 0 aromatic rings. The van der Waals surface area contributed by atoms with E-state index < -0.39 is 52.4 Å². The molecule has 0 bridgehead atoms. The van der Waals surface area contributed by atoms with Crippen LogP contribution in [0, 0.1) is 0 Å². The lowest BCUT2D eigenvalue weighted by Gasteiger charge is -2.40. The zero-order chi connectivity index (χ0) is 19.4. The summed E-state index contributed by atoms with van der Waals surface area (Å²) in [6, 6.07) is 0. The molecule has 1 rings (SSSR count). The van der Waals surface area contributed by atoms with Gasteiger partial charge >= 0.3 is 5.97 Å². The molecule has 5 atom stereocenters. The Morgan fingerprint density at radius 3 is 2.36 bits per heavy atom. The molecule has 1 fully saturated rings. The standard InChI is InChI=1S/C14H27NO9S/c1-9-12(10(16)11(17)13(24-9)14(18)19)23-7-6-15(2,3)5-4-8-25(20,21)22/h9-13,16-17H,4-8H2,1-3H3,(H-,18,19,20,21,22)/t9?,10-,11-,12-,13?/m0/s1. The highest BCUT2D eigenvalue weighted by molar-refractivity contribution is 7.85. The summed E-state index contributed by atoms with van der Waals surface area (Å²) in [5.74, 6) is -1.78. The van der Waals surface area contributed by atoms with Crippen molar-refractivity contribution >= 4 is 16.1 Å². The quantitative estimate of drug-likeness (QED) is 0.301. The summed E-state index contributed by atoms with van der Waals surface area (Å²) in [4.78, 5) is 11.0. The summed E-state index contributed by atoms with van der Waals surface area (Å²) >= 11 is 0. The third kappa shape index (κ3) is 7.13. The van der Waals surface area contributed by atoms with E-state index in [0.717, 1.165) is 0 Å². The topological polar surface area (TPSA) is 153 Å². The summed E-state index contributed by atoms with van der Waals surface area (Å²) in [7, 11) is -0.553. The van der Waals surface area contributed by atoms with Crippen LogP contribution in [0.25, 0.3) is 0 Å². The maximum Gasteiger partial charge on any atom is 0.335 e. The SMILES string of the molecule is CC1OC(C(=O)O)[C@@H](O)[C@H](O)[C@H]1OCC[N+](C)(C)CCCS(=O)(=O)[O-]. The Labute approximate surface area is 147 Å². The van der Waals surface area contributed by atoms with Crippen molar-refractivity contribution in [2.24, 2.45) is 0 Å². The third-order valence-corrected chi connectivity index (χ3v) is 5.02. The first-order valence-corrected chi connectivity index (χ1v) is 9.53. The molecule has 0 radical (unpaired) electrons. The van der Waals surface area contributed by atoms with Crippen molar-refractivity contribution in [2.45, 2.75) is 43.9 Å². The number of rotatable bonds is 9. The average Bonchev–Trinajstić information content (AvgIpc) is 2.44. The minimum atomic E-state index is -4.23. The molecule has 3 N–H and O–H groups in total. The number of carboxylic acids is 1. The van der Waals surface area contributed by atoms with E-state index >= 15 is 0 Å². The van der Waals surface area contributed by atoms with Gasteiger partial charge in [0, 0.05) is 12.2 Å². The molecular weight excluding hydrogens is 358 g/mol. The normalized spacial score (nSPS) is 31.0. The van der Waals surface area contributed by atoms with Crippen LogP contribution in [0.4, 0.5) is 0 Å². The maximum atomic E-state index is 11.0. The summed E-state index contributed by atoms with van der Waals surface area (Å²) in [5, 5.41) is 28.8. The minimum Gasteiger partial charge on any atom is -0.748 e. The Hall–Kier alpha value is -0.820. The number of nitrogens with zero attached hydrogens (tertiary/aromatic N) is 1. The number of aliphatic hydroxyl groups is 2. The molecule has 25 heavy (non-hydrogen) atoms. The second-order valence-electron chi connectivity index (χ2n) is 6.91. The zero-order valence-electron chi connectivity index (χ0n) is 14.6. The number of carboxylic acid groups (broad SMARTS) is 1. The summed E-state index contributed by atoms with van der Waals surface area (Å²) in [6.07, 6.45) is -5.88. The Bertz CT molecular complexity index is 551. The molecule has 11 heteroatoms. The highest BCUT2D eigenvalue weighted by Crippen LogP contribution is 2.23. The van der Waals surface area contributed by atoms with E-state index in [-0.39, 0.29) is 13.0 Å². The molecule has 0 spiro atoms. The second-order valence-corrected chi connectivity index (χ2v) is 8.44. The predicted octanol–water partition coefficient (Wildman–Crippen LogP) is -2.02. The van der Waals surface area contributed by atoms with Crippen LogP contribution in [0.5, 0.6) is 0 Å². The second kappa shape index (κ2) is 8.71. The summed E-state index contributed by atoms with van der Waals surface area (Å²) in [6.45, 7) is 2.65. The molecule has 1 saturated heterocycles. The lowest BCUT2D eigenvalue weighted by molar-refractivity contribution is -0.890. The van der Waals surface area contributed by atoms with Crippen LogP contribution < -0.4 is 0 Å². The Kier molecular flexibility index (Phi) is 7.74. The van der Waals surface area contributed by atoms with Gasteiger partial charge in [-0.2, -0.15) is 0 Å². The van der Waals surface area contributed by atoms with Gasteiger partial charge in [-0.3, -0.25) is 0 Å². The largest absolute Gasteiger partial charge is 0.748 e. The number of aliphatic hydroxyl groups excluding tert-OH is 2. The predicted molar refractivity (Wildman–Crippen MR) is 84.7 cm³/mol. The Morgan fingerprint density at radius 1 is 1.24 bits per heavy atom. The molecule has 10 nitrogen and oxygen atoms in total. The molecule has 0 aliphatic carbocycles. The highest BCUT2D eigenvalue weighted by atomic mass is 32.2. The Morgan fingerprint density at radius 2 is 1.84 bits per heavy atom. The van der Waals surface area contributed by atoms with Crippen molar-refractivity contribution in [3.05, 3.63) is 0 Å². The van der Waals surface area contributed by atoms with E-state index in [1.165, 1.54) is 0 Å². The highest BCUT2D eigenvalue weighted by Gasteiger charge is 2.46. The van der Waals surface area contributed by atoms with Gasteiger partial charge < -0.3 is 33.8 Å². The van der Waals surface area contributed by atoms with E-state index in [4.69, 9.17) is 14.6 Å². The zero-order valence-corrected chi connectivity index (χ0v) is 15.4. The van der Waals surface area contributed by atoms with Crippen molar-refractivity contribution < 1.29 is 47.0 Å². The van der Waals surface area contributed by atoms with Gasteiger partial charge in [0.15, 0.2) is 6.10 Å². The number of aliphatic carboxylic acids is 1. The lowest BCUT2D eigenvalue weighted by Crippen LogP contribution is -2.60. The lowest BCUT2D eigenvalue weighted by atomic mass is 9.95. The average molecular weight is 385 g/mol. The number of quaternary nitrogens is 1. The van der Waals surface area contributed by atoms with Crippen LogP contribution in [0.15, 0.2) is 0 Å². The van der Waals surface area contributed by atoms with Crippen molar-refractivity contribution in [3.63, 3.8) is 0 Å². The van der Waals surface area contributed by atoms with Crippen molar-refractivity contribution in [2.75, 3.05) is 39.5 Å². The number of ether oxygens (including phenoxy) is 2. The number of carbonyl (C=O) groups is 1. The summed E-state index contributed by atoms with van der Waals surface area (Å²) < 4.78 is 43.0. The first-order chi connectivity index (χ1) is 11.3. The number of likely N-dealkylation sites (N-methyl/N-ethyl adjacent to an activating group) is 1. The first-order valence-electron chi connectivity index (χ1n) is 7.95. The molecule has 0 amide bonds. The van der Waals surface area contributed by atoms with Crippen LogP contribution in [-0.2, 0) is 24.4 Å². The molecule has 0 aromatic heterocycles. The molecule has 148 valence electrons. The van der Waals surface area contributed by atoms with Crippen LogP contribution >= 0.6 is 0 Å². The van der Waals surface area contributed by atoms with E-state index in [9.17, 15) is 28.0 Å². The fourth-order valence-corrected chi connectivity index (χ4v) is 3.18. The molecular formula is C14H27NO9S. The molecule has 0 saturated carbocycles. The number of hydrogen-bond acceptors (Lipinski definition) is 8. The van der Waals surface area contributed by atoms with Gasteiger partial charge in [0.05, 0.1) is 43.5 Å². The minimum absolute atomic E-state index is 0.178. The molecule has 0 aromatic carbocycles. The van der Waals surface area contributed by atoms with Gasteiger partial charge in [-0.25, -0.2) is 13.2 Å². The van der Waals surface area contributed by atoms with Gasteiger partial charge in [0.25, 0.3) is 0 Å². The van der Waals surface area contributed by atoms with Gasteiger partial charge in [-0.15, -0.1) is 0 Å². The van der Waals surface area contributed by atoms with E-state index in [0.29, 0.717) is 17.6 Å².